The van der Waals surface area contributed by atoms with Gasteiger partial charge in [-0.2, -0.15) is 5.10 Å². The molecule has 0 aliphatic rings. The van der Waals surface area contributed by atoms with Crippen molar-refractivity contribution in [2.24, 2.45) is 0 Å². The molecule has 1 heterocycles. The van der Waals surface area contributed by atoms with E-state index in [0.29, 0.717) is 13.1 Å². The third kappa shape index (κ3) is 5.71. The number of benzene rings is 1. The zero-order chi connectivity index (χ0) is 18.6. The third-order valence-corrected chi connectivity index (χ3v) is 4.09. The highest BCUT2D eigenvalue weighted by Gasteiger charge is 2.15. The number of aromatic nitrogens is 2. The molecule has 25 heavy (non-hydrogen) atoms. The molecule has 0 fully saturated rings. The van der Waals surface area contributed by atoms with Gasteiger partial charge in [-0.15, -0.1) is 0 Å². The van der Waals surface area contributed by atoms with Crippen LogP contribution in [0.2, 0.25) is 0 Å². The summed E-state index contributed by atoms with van der Waals surface area (Å²) in [6.07, 6.45) is 0. The standard InChI is InChI=1S/C20H30N4O/c1-14-7-9-17(10-8-14)13-24-16(3)18(15(2)23-24)11-21-12-19(25)22-20(4,5)6/h7-10,21H,11-13H2,1-6H3,(H,22,25). The molecule has 2 rings (SSSR count). The highest BCUT2D eigenvalue weighted by atomic mass is 16.2. The van der Waals surface area contributed by atoms with Crippen LogP contribution in [-0.4, -0.2) is 27.8 Å². The second-order valence-corrected chi connectivity index (χ2v) is 7.69. The molecule has 0 saturated carbocycles. The minimum atomic E-state index is -0.205. The molecule has 5 nitrogen and oxygen atoms in total. The molecule has 0 unspecified atom stereocenters. The van der Waals surface area contributed by atoms with E-state index in [1.165, 1.54) is 11.1 Å². The first-order valence-corrected chi connectivity index (χ1v) is 8.76. The fraction of sp³-hybridized carbons (Fsp3) is 0.500. The highest BCUT2D eigenvalue weighted by Crippen LogP contribution is 2.15. The molecule has 5 heteroatoms. The van der Waals surface area contributed by atoms with Crippen LogP contribution in [0.1, 0.15) is 48.8 Å². The van der Waals surface area contributed by atoms with Crippen LogP contribution < -0.4 is 10.6 Å². The third-order valence-electron chi connectivity index (χ3n) is 4.09. The maximum atomic E-state index is 11.9. The van der Waals surface area contributed by atoms with E-state index >= 15 is 0 Å². The summed E-state index contributed by atoms with van der Waals surface area (Å²) in [4.78, 5) is 11.9. The Labute approximate surface area is 150 Å². The zero-order valence-corrected chi connectivity index (χ0v) is 16.2. The summed E-state index contributed by atoms with van der Waals surface area (Å²) in [7, 11) is 0. The average Bonchev–Trinajstić information content (AvgIpc) is 2.75. The first kappa shape index (κ1) is 19.2. The van der Waals surface area contributed by atoms with Crippen molar-refractivity contribution in [3.63, 3.8) is 0 Å². The molecule has 1 aromatic carbocycles. The van der Waals surface area contributed by atoms with E-state index in [-0.39, 0.29) is 11.4 Å². The van der Waals surface area contributed by atoms with Crippen molar-refractivity contribution < 1.29 is 4.79 Å². The van der Waals surface area contributed by atoms with Crippen molar-refractivity contribution in [1.29, 1.82) is 0 Å². The molecule has 0 aliphatic carbocycles. The van der Waals surface area contributed by atoms with Gasteiger partial charge in [0.2, 0.25) is 5.91 Å². The molecule has 1 amide bonds. The predicted molar refractivity (Wildman–Crippen MR) is 102 cm³/mol. The van der Waals surface area contributed by atoms with Crippen LogP contribution in [0, 0.1) is 20.8 Å². The monoisotopic (exact) mass is 342 g/mol. The fourth-order valence-electron chi connectivity index (χ4n) is 2.77. The molecule has 1 aromatic heterocycles. The predicted octanol–water partition coefficient (Wildman–Crippen LogP) is 2.86. The molecule has 0 spiro atoms. The number of hydrogen-bond donors (Lipinski definition) is 2. The van der Waals surface area contributed by atoms with Gasteiger partial charge < -0.3 is 10.6 Å². The molecule has 0 bridgehead atoms. The van der Waals surface area contributed by atoms with Gasteiger partial charge >= 0.3 is 0 Å². The molecule has 0 aliphatic heterocycles. The Kier molecular flexibility index (Phi) is 6.01. The van der Waals surface area contributed by atoms with E-state index in [9.17, 15) is 4.79 Å². The van der Waals surface area contributed by atoms with Crippen molar-refractivity contribution in [3.05, 3.63) is 52.3 Å². The molecular formula is C20H30N4O. The highest BCUT2D eigenvalue weighted by molar-refractivity contribution is 5.78. The first-order chi connectivity index (χ1) is 11.7. The Morgan fingerprint density at radius 2 is 1.76 bits per heavy atom. The lowest BCUT2D eigenvalue weighted by atomic mass is 10.1. The summed E-state index contributed by atoms with van der Waals surface area (Å²) in [5, 5.41) is 10.8. The lowest BCUT2D eigenvalue weighted by molar-refractivity contribution is -0.121. The average molecular weight is 342 g/mol. The van der Waals surface area contributed by atoms with E-state index in [1.807, 2.05) is 32.4 Å². The molecule has 0 saturated heterocycles. The zero-order valence-electron chi connectivity index (χ0n) is 16.2. The minimum absolute atomic E-state index is 0.00912. The van der Waals surface area contributed by atoms with Crippen molar-refractivity contribution in [1.82, 2.24) is 20.4 Å². The van der Waals surface area contributed by atoms with Gasteiger partial charge in [-0.05, 0) is 47.1 Å². The van der Waals surface area contributed by atoms with Gasteiger partial charge in [0.05, 0.1) is 18.8 Å². The lowest BCUT2D eigenvalue weighted by Crippen LogP contribution is -2.44. The lowest BCUT2D eigenvalue weighted by Gasteiger charge is -2.20. The number of amides is 1. The van der Waals surface area contributed by atoms with Crippen LogP contribution in [0.25, 0.3) is 0 Å². The quantitative estimate of drug-likeness (QED) is 0.849. The van der Waals surface area contributed by atoms with Gasteiger partial charge in [-0.25, -0.2) is 0 Å². The van der Waals surface area contributed by atoms with Crippen molar-refractivity contribution in [2.75, 3.05) is 6.54 Å². The van der Waals surface area contributed by atoms with Crippen LogP contribution in [0.15, 0.2) is 24.3 Å². The smallest absolute Gasteiger partial charge is 0.234 e. The van der Waals surface area contributed by atoms with Gasteiger partial charge in [0.25, 0.3) is 0 Å². The molecule has 136 valence electrons. The largest absolute Gasteiger partial charge is 0.350 e. The van der Waals surface area contributed by atoms with E-state index in [4.69, 9.17) is 0 Å². The minimum Gasteiger partial charge on any atom is -0.350 e. The number of nitrogens with zero attached hydrogens (tertiary/aromatic N) is 2. The van der Waals surface area contributed by atoms with Crippen LogP contribution in [0.4, 0.5) is 0 Å². The van der Waals surface area contributed by atoms with E-state index in [0.717, 1.165) is 23.5 Å². The van der Waals surface area contributed by atoms with E-state index < -0.39 is 0 Å². The summed E-state index contributed by atoms with van der Waals surface area (Å²) < 4.78 is 2.03. The van der Waals surface area contributed by atoms with Gasteiger partial charge in [0.1, 0.15) is 0 Å². The van der Waals surface area contributed by atoms with Crippen molar-refractivity contribution in [2.45, 2.75) is 60.2 Å². The molecule has 0 radical (unpaired) electrons. The summed E-state index contributed by atoms with van der Waals surface area (Å²) in [5.41, 5.74) is 5.60. The van der Waals surface area contributed by atoms with Gasteiger partial charge in [0.15, 0.2) is 0 Å². The maximum absolute atomic E-state index is 11.9. The number of hydrogen-bond acceptors (Lipinski definition) is 3. The van der Waals surface area contributed by atoms with Gasteiger partial charge in [-0.3, -0.25) is 9.48 Å². The molecular weight excluding hydrogens is 312 g/mol. The fourth-order valence-corrected chi connectivity index (χ4v) is 2.77. The number of rotatable bonds is 6. The second kappa shape index (κ2) is 7.83. The Morgan fingerprint density at radius 3 is 2.36 bits per heavy atom. The Morgan fingerprint density at radius 1 is 1.12 bits per heavy atom. The SMILES string of the molecule is Cc1ccc(Cn2nc(C)c(CNCC(=O)NC(C)(C)C)c2C)cc1. The first-order valence-electron chi connectivity index (χ1n) is 8.76. The molecule has 0 atom stereocenters. The van der Waals surface area contributed by atoms with Crippen molar-refractivity contribution >= 4 is 5.91 Å². The Hall–Kier alpha value is -2.14. The Bertz CT molecular complexity index is 723. The number of carbonyl (C=O) groups excluding carboxylic acids is 1. The van der Waals surface area contributed by atoms with Crippen molar-refractivity contribution in [3.8, 4) is 0 Å². The number of nitrogens with one attached hydrogen (secondary N) is 2. The molecule has 2 aromatic rings. The van der Waals surface area contributed by atoms with Crippen LogP contribution in [0.5, 0.6) is 0 Å². The molecule has 2 N–H and O–H groups in total. The number of aryl methyl sites for hydroxylation is 2. The number of carbonyl (C=O) groups is 1. The summed E-state index contributed by atoms with van der Waals surface area (Å²) in [6.45, 7) is 13.8. The topological polar surface area (TPSA) is 59.0 Å². The van der Waals surface area contributed by atoms with Crippen LogP contribution in [-0.2, 0) is 17.9 Å². The van der Waals surface area contributed by atoms with E-state index in [2.05, 4.69) is 53.8 Å². The van der Waals surface area contributed by atoms with Gasteiger partial charge in [0, 0.05) is 23.3 Å². The van der Waals surface area contributed by atoms with Gasteiger partial charge in [-0.1, -0.05) is 29.8 Å². The summed E-state index contributed by atoms with van der Waals surface area (Å²) in [6, 6.07) is 8.52. The van der Waals surface area contributed by atoms with E-state index in [1.54, 1.807) is 0 Å². The van der Waals surface area contributed by atoms with Crippen LogP contribution >= 0.6 is 0 Å². The normalized spacial score (nSPS) is 11.6. The summed E-state index contributed by atoms with van der Waals surface area (Å²) in [5.74, 6) is 0.00912. The summed E-state index contributed by atoms with van der Waals surface area (Å²) >= 11 is 0. The second-order valence-electron chi connectivity index (χ2n) is 7.69. The Balaban J connectivity index is 1.97. The van der Waals surface area contributed by atoms with Crippen LogP contribution in [0.3, 0.4) is 0 Å². The maximum Gasteiger partial charge on any atom is 0.234 e.